The number of aryl methyl sites for hydroxylation is 1. The van der Waals surface area contributed by atoms with Crippen molar-refractivity contribution in [2.24, 2.45) is 0 Å². The van der Waals surface area contributed by atoms with Crippen LogP contribution in [-0.4, -0.2) is 36.7 Å². The highest BCUT2D eigenvalue weighted by Crippen LogP contribution is 2.33. The molecule has 24 heavy (non-hydrogen) atoms. The van der Waals surface area contributed by atoms with Gasteiger partial charge in [0.05, 0.1) is 28.3 Å². The molecule has 0 unspecified atom stereocenters. The lowest BCUT2D eigenvalue weighted by Gasteiger charge is -2.21. The van der Waals surface area contributed by atoms with E-state index in [1.54, 1.807) is 30.3 Å². The van der Waals surface area contributed by atoms with E-state index in [1.165, 1.54) is 26.3 Å². The average molecular weight is 367 g/mol. The molecule has 6 nitrogen and oxygen atoms in total. The van der Waals surface area contributed by atoms with Crippen molar-refractivity contribution in [3.63, 3.8) is 0 Å². The maximum Gasteiger partial charge on any atom is 0.264 e. The molecule has 0 bridgehead atoms. The highest BCUT2D eigenvalue weighted by Gasteiger charge is 2.30. The third kappa shape index (κ3) is 2.65. The molecule has 1 aliphatic rings. The molecule has 0 saturated carbocycles. The number of benzene rings is 2. The summed E-state index contributed by atoms with van der Waals surface area (Å²) in [4.78, 5) is 0.0529. The molecule has 3 rings (SSSR count). The van der Waals surface area contributed by atoms with Crippen molar-refractivity contribution in [3.8, 4) is 5.75 Å². The molecule has 8 heteroatoms. The topological polar surface area (TPSA) is 80.8 Å². The van der Waals surface area contributed by atoms with Crippen LogP contribution in [0.5, 0.6) is 5.75 Å². The molecule has 0 fully saturated rings. The number of methoxy groups -OCH3 is 1. The zero-order valence-corrected chi connectivity index (χ0v) is 14.9. The van der Waals surface area contributed by atoms with Crippen molar-refractivity contribution in [1.82, 2.24) is 0 Å². The van der Waals surface area contributed by atoms with Crippen molar-refractivity contribution in [2.45, 2.75) is 16.2 Å². The first-order valence-corrected chi connectivity index (χ1v) is 10.3. The molecule has 1 heterocycles. The van der Waals surface area contributed by atoms with E-state index < -0.39 is 19.9 Å². The molecule has 0 amide bonds. The van der Waals surface area contributed by atoms with Gasteiger partial charge in [-0.25, -0.2) is 16.8 Å². The van der Waals surface area contributed by atoms with Crippen molar-refractivity contribution < 1.29 is 21.6 Å². The van der Waals surface area contributed by atoms with Gasteiger partial charge in [0.2, 0.25) is 0 Å². The van der Waals surface area contributed by atoms with E-state index in [2.05, 4.69) is 0 Å². The van der Waals surface area contributed by atoms with Gasteiger partial charge in [0.1, 0.15) is 5.75 Å². The Hall–Kier alpha value is -2.06. The molecule has 0 aliphatic carbocycles. The van der Waals surface area contributed by atoms with Crippen LogP contribution in [-0.2, 0) is 26.3 Å². The first kappa shape index (κ1) is 16.8. The van der Waals surface area contributed by atoms with Gasteiger partial charge in [-0.05, 0) is 36.2 Å². The molecule has 1 aliphatic heterocycles. The van der Waals surface area contributed by atoms with Crippen molar-refractivity contribution >= 4 is 25.5 Å². The quantitative estimate of drug-likeness (QED) is 0.824. The number of para-hydroxylation sites is 2. The maximum absolute atomic E-state index is 12.9. The van der Waals surface area contributed by atoms with Crippen LogP contribution in [0.2, 0.25) is 0 Å². The fraction of sp³-hybridized carbons (Fsp3) is 0.250. The second-order valence-electron chi connectivity index (χ2n) is 5.48. The van der Waals surface area contributed by atoms with Gasteiger partial charge in [-0.3, -0.25) is 4.31 Å². The van der Waals surface area contributed by atoms with Crippen molar-refractivity contribution in [2.75, 3.05) is 24.2 Å². The van der Waals surface area contributed by atoms with E-state index in [0.717, 1.165) is 4.31 Å². The van der Waals surface area contributed by atoms with E-state index in [-0.39, 0.29) is 15.5 Å². The summed E-state index contributed by atoms with van der Waals surface area (Å²) in [6.45, 7) is 0. The van der Waals surface area contributed by atoms with Crippen LogP contribution in [0, 0.1) is 0 Å². The van der Waals surface area contributed by atoms with Gasteiger partial charge in [0.15, 0.2) is 9.84 Å². The summed E-state index contributed by atoms with van der Waals surface area (Å²) < 4.78 is 56.2. The Labute approximate surface area is 141 Å². The molecular weight excluding hydrogens is 350 g/mol. The summed E-state index contributed by atoms with van der Waals surface area (Å²) in [7, 11) is -4.44. The van der Waals surface area contributed by atoms with E-state index >= 15 is 0 Å². The van der Waals surface area contributed by atoms with Crippen molar-refractivity contribution in [3.05, 3.63) is 48.0 Å². The summed E-state index contributed by atoms with van der Waals surface area (Å²) in [5.41, 5.74) is 1.04. The van der Waals surface area contributed by atoms with E-state index in [1.807, 2.05) is 0 Å². The number of fused-ring (bicyclic) bond motifs is 1. The van der Waals surface area contributed by atoms with Gasteiger partial charge in [0.25, 0.3) is 10.0 Å². The Morgan fingerprint density at radius 3 is 2.54 bits per heavy atom. The van der Waals surface area contributed by atoms with Gasteiger partial charge < -0.3 is 4.74 Å². The first-order chi connectivity index (χ1) is 11.3. The second kappa shape index (κ2) is 5.78. The third-order valence-electron chi connectivity index (χ3n) is 4.10. The summed E-state index contributed by atoms with van der Waals surface area (Å²) in [6, 6.07) is 11.0. The molecule has 0 aromatic heterocycles. The van der Waals surface area contributed by atoms with Crippen LogP contribution in [0.4, 0.5) is 5.69 Å². The summed E-state index contributed by atoms with van der Waals surface area (Å²) in [5, 5.41) is 0. The van der Waals surface area contributed by atoms with Gasteiger partial charge >= 0.3 is 0 Å². The summed E-state index contributed by atoms with van der Waals surface area (Å²) >= 11 is 0. The maximum atomic E-state index is 12.9. The number of anilines is 1. The van der Waals surface area contributed by atoms with Gasteiger partial charge in [-0.15, -0.1) is 0 Å². The zero-order valence-electron chi connectivity index (χ0n) is 13.3. The normalized spacial score (nSPS) is 15.8. The Balaban J connectivity index is 2.09. The number of ether oxygens (including phenoxy) is 1. The third-order valence-corrected chi connectivity index (χ3v) is 7.66. The molecule has 128 valence electrons. The predicted octanol–water partition coefficient (Wildman–Crippen LogP) is 1.85. The summed E-state index contributed by atoms with van der Waals surface area (Å²) in [5.74, 6) is 0.436. The van der Waals surface area contributed by atoms with Crippen LogP contribution < -0.4 is 9.04 Å². The largest absolute Gasteiger partial charge is 0.495 e. The molecule has 2 aromatic rings. The number of hydrogen-bond donors (Lipinski definition) is 0. The highest BCUT2D eigenvalue weighted by molar-refractivity contribution is 7.93. The minimum Gasteiger partial charge on any atom is -0.495 e. The van der Waals surface area contributed by atoms with E-state index in [9.17, 15) is 16.8 Å². The van der Waals surface area contributed by atoms with E-state index in [4.69, 9.17) is 4.74 Å². The predicted molar refractivity (Wildman–Crippen MR) is 90.8 cm³/mol. The van der Waals surface area contributed by atoms with Crippen LogP contribution in [0.1, 0.15) is 5.56 Å². The molecule has 0 atom stereocenters. The van der Waals surface area contributed by atoms with Crippen LogP contribution in [0.15, 0.2) is 52.3 Å². The SMILES string of the molecule is COc1ccccc1N(C)S(=O)(=O)c1ccc2c(c1)S(=O)(=O)CC2. The average Bonchev–Trinajstić information content (AvgIpc) is 2.89. The molecule has 2 aromatic carbocycles. The van der Waals surface area contributed by atoms with Crippen LogP contribution >= 0.6 is 0 Å². The number of nitrogens with zero attached hydrogens (tertiary/aromatic N) is 1. The standard InChI is InChI=1S/C16H17NO5S2/c1-17(14-5-3-4-6-15(14)22-2)24(20,21)13-8-7-12-9-10-23(18,19)16(12)11-13/h3-8,11H,9-10H2,1-2H3. The highest BCUT2D eigenvalue weighted by atomic mass is 32.2. The summed E-state index contributed by atoms with van der Waals surface area (Å²) in [6.07, 6.45) is 0.417. The lowest BCUT2D eigenvalue weighted by Crippen LogP contribution is -2.27. The Kier molecular flexibility index (Phi) is 4.05. The smallest absolute Gasteiger partial charge is 0.264 e. The zero-order chi connectivity index (χ0) is 17.5. The van der Waals surface area contributed by atoms with E-state index in [0.29, 0.717) is 23.4 Å². The number of hydrogen-bond acceptors (Lipinski definition) is 5. The number of sulfonamides is 1. The van der Waals surface area contributed by atoms with Crippen molar-refractivity contribution in [1.29, 1.82) is 0 Å². The lowest BCUT2D eigenvalue weighted by atomic mass is 10.2. The minimum absolute atomic E-state index is 0.0220. The molecular formula is C16H17NO5S2. The molecule has 0 spiro atoms. The Bertz CT molecular complexity index is 997. The van der Waals surface area contributed by atoms with Crippen LogP contribution in [0.3, 0.4) is 0 Å². The van der Waals surface area contributed by atoms with Gasteiger partial charge in [-0.2, -0.15) is 0 Å². The van der Waals surface area contributed by atoms with Gasteiger partial charge in [-0.1, -0.05) is 18.2 Å². The fourth-order valence-electron chi connectivity index (χ4n) is 2.72. The first-order valence-electron chi connectivity index (χ1n) is 7.25. The lowest BCUT2D eigenvalue weighted by molar-refractivity contribution is 0.416. The fourth-order valence-corrected chi connectivity index (χ4v) is 5.62. The Morgan fingerprint density at radius 1 is 1.12 bits per heavy atom. The minimum atomic E-state index is -3.91. The second-order valence-corrected chi connectivity index (χ2v) is 9.53. The van der Waals surface area contributed by atoms with Crippen LogP contribution in [0.25, 0.3) is 0 Å². The van der Waals surface area contributed by atoms with Gasteiger partial charge in [0, 0.05) is 7.05 Å². The number of rotatable bonds is 4. The molecule has 0 saturated heterocycles. The molecule has 0 N–H and O–H groups in total. The number of sulfone groups is 1. The monoisotopic (exact) mass is 367 g/mol. The molecule has 0 radical (unpaired) electrons. The Morgan fingerprint density at radius 2 is 1.83 bits per heavy atom.